The van der Waals surface area contributed by atoms with Crippen LogP contribution in [0.4, 0.5) is 0 Å². The average molecular weight is 278 g/mol. The SMILES string of the molecule is C=C(C)[C@@H]1CC[C@@]2(C)OC3=C(C[C@@H]12)C(=O)[C@@H](O)C[C@@H]3O. The number of fused-ring (bicyclic) bond motifs is 1. The smallest absolute Gasteiger partial charge is 0.190 e. The molecule has 0 aromatic rings. The second kappa shape index (κ2) is 4.43. The lowest BCUT2D eigenvalue weighted by molar-refractivity contribution is -0.133. The Morgan fingerprint density at radius 3 is 2.75 bits per heavy atom. The number of aliphatic hydroxyl groups is 2. The Hall–Kier alpha value is -1.13. The second-order valence-electron chi connectivity index (χ2n) is 6.69. The first-order valence-electron chi connectivity index (χ1n) is 7.31. The van der Waals surface area contributed by atoms with E-state index in [-0.39, 0.29) is 23.7 Å². The van der Waals surface area contributed by atoms with Crippen molar-refractivity contribution in [2.24, 2.45) is 11.8 Å². The Morgan fingerprint density at radius 1 is 1.40 bits per heavy atom. The molecule has 0 saturated heterocycles. The molecular weight excluding hydrogens is 256 g/mol. The van der Waals surface area contributed by atoms with Crippen molar-refractivity contribution in [3.63, 3.8) is 0 Å². The number of rotatable bonds is 1. The summed E-state index contributed by atoms with van der Waals surface area (Å²) in [5.41, 5.74) is 1.29. The molecule has 3 aliphatic rings. The predicted octanol–water partition coefficient (Wildman–Crippen LogP) is 1.72. The van der Waals surface area contributed by atoms with Gasteiger partial charge in [-0.2, -0.15) is 0 Å². The summed E-state index contributed by atoms with van der Waals surface area (Å²) < 4.78 is 6.07. The van der Waals surface area contributed by atoms with Crippen molar-refractivity contribution in [3.8, 4) is 0 Å². The van der Waals surface area contributed by atoms with Crippen molar-refractivity contribution >= 4 is 5.78 Å². The molecule has 1 aliphatic heterocycles. The highest BCUT2D eigenvalue weighted by molar-refractivity contribution is 6.00. The van der Waals surface area contributed by atoms with Crippen LogP contribution in [0.5, 0.6) is 0 Å². The van der Waals surface area contributed by atoms with E-state index in [1.165, 1.54) is 0 Å². The fraction of sp³-hybridized carbons (Fsp3) is 0.688. The topological polar surface area (TPSA) is 66.8 Å². The van der Waals surface area contributed by atoms with Gasteiger partial charge in [-0.05, 0) is 39.0 Å². The van der Waals surface area contributed by atoms with Gasteiger partial charge >= 0.3 is 0 Å². The Bertz CT molecular complexity index is 507. The predicted molar refractivity (Wildman–Crippen MR) is 73.8 cm³/mol. The van der Waals surface area contributed by atoms with Crippen LogP contribution in [0.1, 0.15) is 39.5 Å². The molecule has 0 amide bonds. The van der Waals surface area contributed by atoms with Gasteiger partial charge in [0, 0.05) is 17.9 Å². The number of hydrogen-bond acceptors (Lipinski definition) is 4. The number of carbonyl (C=O) groups excluding carboxylic acids is 1. The lowest BCUT2D eigenvalue weighted by Gasteiger charge is -2.44. The third kappa shape index (κ3) is 1.85. The highest BCUT2D eigenvalue weighted by atomic mass is 16.5. The third-order valence-corrected chi connectivity index (χ3v) is 5.27. The number of hydrogen-bond donors (Lipinski definition) is 2. The van der Waals surface area contributed by atoms with Gasteiger partial charge in [0.05, 0.1) is 0 Å². The van der Waals surface area contributed by atoms with Crippen LogP contribution in [0.25, 0.3) is 0 Å². The maximum atomic E-state index is 12.2. The number of carbonyl (C=O) groups is 1. The molecule has 0 unspecified atom stereocenters. The molecule has 0 aromatic heterocycles. The zero-order valence-corrected chi connectivity index (χ0v) is 12.1. The summed E-state index contributed by atoms with van der Waals surface area (Å²) >= 11 is 0. The summed E-state index contributed by atoms with van der Waals surface area (Å²) in [6, 6.07) is 0. The van der Waals surface area contributed by atoms with E-state index in [1.54, 1.807) is 0 Å². The summed E-state index contributed by atoms with van der Waals surface area (Å²) in [6.45, 7) is 8.14. The van der Waals surface area contributed by atoms with Gasteiger partial charge < -0.3 is 14.9 Å². The monoisotopic (exact) mass is 278 g/mol. The zero-order valence-electron chi connectivity index (χ0n) is 12.1. The van der Waals surface area contributed by atoms with Crippen LogP contribution in [-0.2, 0) is 9.53 Å². The molecule has 2 N–H and O–H groups in total. The van der Waals surface area contributed by atoms with E-state index in [9.17, 15) is 15.0 Å². The van der Waals surface area contributed by atoms with Gasteiger partial charge in [-0.25, -0.2) is 0 Å². The van der Waals surface area contributed by atoms with Crippen LogP contribution < -0.4 is 0 Å². The number of allylic oxidation sites excluding steroid dienone is 1. The first-order valence-corrected chi connectivity index (χ1v) is 7.31. The summed E-state index contributed by atoms with van der Waals surface area (Å²) in [7, 11) is 0. The maximum Gasteiger partial charge on any atom is 0.190 e. The molecule has 0 spiro atoms. The van der Waals surface area contributed by atoms with Crippen LogP contribution in [-0.4, -0.2) is 33.8 Å². The lowest BCUT2D eigenvalue weighted by Crippen LogP contribution is -2.47. The minimum absolute atomic E-state index is 0.0440. The van der Waals surface area contributed by atoms with Crippen LogP contribution >= 0.6 is 0 Å². The van der Waals surface area contributed by atoms with Gasteiger partial charge in [0.1, 0.15) is 23.6 Å². The molecule has 1 fully saturated rings. The van der Waals surface area contributed by atoms with E-state index < -0.39 is 12.2 Å². The Labute approximate surface area is 119 Å². The highest BCUT2D eigenvalue weighted by Gasteiger charge is 2.53. The van der Waals surface area contributed by atoms with Gasteiger partial charge in [-0.15, -0.1) is 0 Å². The highest BCUT2D eigenvalue weighted by Crippen LogP contribution is 2.53. The summed E-state index contributed by atoms with van der Waals surface area (Å²) in [5.74, 6) is 0.680. The van der Waals surface area contributed by atoms with Crippen molar-refractivity contribution in [2.45, 2.75) is 57.3 Å². The molecule has 1 saturated carbocycles. The molecule has 0 bridgehead atoms. The van der Waals surface area contributed by atoms with Crippen LogP contribution in [0.2, 0.25) is 0 Å². The van der Waals surface area contributed by atoms with Crippen molar-refractivity contribution in [1.29, 1.82) is 0 Å². The minimum atomic E-state index is -1.10. The number of Topliss-reactive ketones (excluding diaryl/α,β-unsaturated/α-hetero) is 1. The number of aliphatic hydroxyl groups excluding tert-OH is 2. The van der Waals surface area contributed by atoms with E-state index >= 15 is 0 Å². The van der Waals surface area contributed by atoms with Crippen molar-refractivity contribution in [1.82, 2.24) is 0 Å². The molecule has 3 rings (SSSR count). The first-order chi connectivity index (χ1) is 9.33. The molecule has 4 nitrogen and oxygen atoms in total. The van der Waals surface area contributed by atoms with Gasteiger partial charge in [-0.3, -0.25) is 4.79 Å². The maximum absolute atomic E-state index is 12.2. The van der Waals surface area contributed by atoms with Gasteiger partial charge in [0.25, 0.3) is 0 Å². The molecule has 20 heavy (non-hydrogen) atoms. The average Bonchev–Trinajstić information content (AvgIpc) is 2.71. The van der Waals surface area contributed by atoms with Crippen LogP contribution in [0.3, 0.4) is 0 Å². The van der Waals surface area contributed by atoms with Crippen molar-refractivity contribution in [2.75, 3.05) is 0 Å². The van der Waals surface area contributed by atoms with Gasteiger partial charge in [0.2, 0.25) is 0 Å². The lowest BCUT2D eigenvalue weighted by atomic mass is 9.74. The molecule has 4 heteroatoms. The molecule has 0 radical (unpaired) electrons. The largest absolute Gasteiger partial charge is 0.488 e. The summed E-state index contributed by atoms with van der Waals surface area (Å²) in [5, 5.41) is 19.8. The van der Waals surface area contributed by atoms with Crippen LogP contribution in [0.15, 0.2) is 23.5 Å². The van der Waals surface area contributed by atoms with E-state index in [0.717, 1.165) is 18.4 Å². The Balaban J connectivity index is 1.99. The molecule has 0 aromatic carbocycles. The fourth-order valence-electron chi connectivity index (χ4n) is 4.08. The molecule has 2 aliphatic carbocycles. The first kappa shape index (κ1) is 13.8. The summed E-state index contributed by atoms with van der Waals surface area (Å²) in [4.78, 5) is 12.2. The molecule has 5 atom stereocenters. The van der Waals surface area contributed by atoms with E-state index in [2.05, 4.69) is 13.5 Å². The second-order valence-corrected chi connectivity index (χ2v) is 6.69. The quantitative estimate of drug-likeness (QED) is 0.717. The molecule has 1 heterocycles. The summed E-state index contributed by atoms with van der Waals surface area (Å²) in [6.07, 6.45) is 0.582. The fourth-order valence-corrected chi connectivity index (χ4v) is 4.08. The minimum Gasteiger partial charge on any atom is -0.488 e. The van der Waals surface area contributed by atoms with Gasteiger partial charge in [0.15, 0.2) is 5.78 Å². The van der Waals surface area contributed by atoms with Crippen molar-refractivity contribution in [3.05, 3.63) is 23.5 Å². The van der Waals surface area contributed by atoms with E-state index in [0.29, 0.717) is 23.7 Å². The Morgan fingerprint density at radius 2 is 2.10 bits per heavy atom. The number of ether oxygens (including phenoxy) is 1. The third-order valence-electron chi connectivity index (χ3n) is 5.27. The van der Waals surface area contributed by atoms with Crippen LogP contribution in [0, 0.1) is 11.8 Å². The van der Waals surface area contributed by atoms with Crippen molar-refractivity contribution < 1.29 is 19.7 Å². The normalized spacial score (nSPS) is 43.9. The number of ketones is 1. The molecule has 110 valence electrons. The van der Waals surface area contributed by atoms with Gasteiger partial charge in [-0.1, -0.05) is 12.2 Å². The van der Waals surface area contributed by atoms with E-state index in [1.807, 2.05) is 6.92 Å². The van der Waals surface area contributed by atoms with E-state index in [4.69, 9.17) is 4.74 Å². The standard InChI is InChI=1S/C16H22O4/c1-8(2)9-4-5-16(3)11(9)6-10-14(19)12(17)7-13(18)15(10)20-16/h9,11-13,17-18H,1,4-7H2,2-3H3/t9-,11-,12-,13-,16+/m0/s1. The Kier molecular flexibility index (Phi) is 3.07. The molecular formula is C16H22O4. The zero-order chi connectivity index (χ0) is 14.7.